The maximum atomic E-state index is 8.58. The van der Waals surface area contributed by atoms with Crippen LogP contribution >= 0.6 is 0 Å². The summed E-state index contributed by atoms with van der Waals surface area (Å²) in [4.78, 5) is 0. The van der Waals surface area contributed by atoms with E-state index < -0.39 is 0 Å². The van der Waals surface area contributed by atoms with Crippen molar-refractivity contribution >= 4 is 6.21 Å². The van der Waals surface area contributed by atoms with Gasteiger partial charge in [-0.25, -0.2) is 0 Å². The molecule has 0 bridgehead atoms. The summed E-state index contributed by atoms with van der Waals surface area (Å²) in [6.07, 6.45) is 1.34. The highest BCUT2D eigenvalue weighted by Crippen LogP contribution is 2.17. The molecule has 2 aromatic carbocycles. The summed E-state index contributed by atoms with van der Waals surface area (Å²) >= 11 is 0. The Morgan fingerprint density at radius 2 is 1.55 bits per heavy atom. The van der Waals surface area contributed by atoms with Gasteiger partial charge in [0.05, 0.1) is 6.21 Å². The first kappa shape index (κ1) is 13.9. The summed E-state index contributed by atoms with van der Waals surface area (Å²) in [5, 5.41) is 11.6. The molecule has 20 heavy (non-hydrogen) atoms. The number of rotatable bonds is 6. The first-order valence-electron chi connectivity index (χ1n) is 6.39. The number of para-hydroxylation sites is 2. The molecule has 0 saturated carbocycles. The number of ether oxygens (including phenoxy) is 2. The lowest BCUT2D eigenvalue weighted by Crippen LogP contribution is -2.10. The molecule has 2 aromatic rings. The average molecular weight is 271 g/mol. The van der Waals surface area contributed by atoms with Crippen LogP contribution in [0, 0.1) is 6.92 Å². The summed E-state index contributed by atoms with van der Waals surface area (Å²) in [6, 6.07) is 15.2. The van der Waals surface area contributed by atoms with Crippen LogP contribution in [0.25, 0.3) is 0 Å². The Hall–Kier alpha value is -2.49. The van der Waals surface area contributed by atoms with Gasteiger partial charge in [0, 0.05) is 5.56 Å². The van der Waals surface area contributed by atoms with Crippen molar-refractivity contribution in [3.8, 4) is 11.5 Å². The fourth-order valence-corrected chi connectivity index (χ4v) is 1.80. The number of aryl methyl sites for hydroxylation is 1. The molecule has 0 heterocycles. The first-order chi connectivity index (χ1) is 9.81. The quantitative estimate of drug-likeness (QED) is 0.380. The molecule has 0 spiro atoms. The molecular weight excluding hydrogens is 254 g/mol. The van der Waals surface area contributed by atoms with Gasteiger partial charge in [-0.2, -0.15) is 0 Å². The van der Waals surface area contributed by atoms with Crippen molar-refractivity contribution < 1.29 is 14.7 Å². The Labute approximate surface area is 118 Å². The Kier molecular flexibility index (Phi) is 5.00. The van der Waals surface area contributed by atoms with E-state index in [2.05, 4.69) is 5.16 Å². The third-order valence-electron chi connectivity index (χ3n) is 2.81. The zero-order valence-corrected chi connectivity index (χ0v) is 11.3. The van der Waals surface area contributed by atoms with E-state index in [-0.39, 0.29) is 0 Å². The maximum Gasteiger partial charge on any atom is 0.128 e. The van der Waals surface area contributed by atoms with Crippen LogP contribution in [0.2, 0.25) is 0 Å². The van der Waals surface area contributed by atoms with Gasteiger partial charge >= 0.3 is 0 Å². The molecule has 0 unspecified atom stereocenters. The van der Waals surface area contributed by atoms with E-state index >= 15 is 0 Å². The van der Waals surface area contributed by atoms with Crippen molar-refractivity contribution in [1.82, 2.24) is 0 Å². The van der Waals surface area contributed by atoms with E-state index in [0.29, 0.717) is 19.0 Å². The number of benzene rings is 2. The van der Waals surface area contributed by atoms with Gasteiger partial charge in [0.1, 0.15) is 24.7 Å². The van der Waals surface area contributed by atoms with Gasteiger partial charge in [-0.15, -0.1) is 0 Å². The minimum Gasteiger partial charge on any atom is -0.490 e. The summed E-state index contributed by atoms with van der Waals surface area (Å²) in [5.74, 6) is 1.53. The summed E-state index contributed by atoms with van der Waals surface area (Å²) in [5.41, 5.74) is 1.83. The second kappa shape index (κ2) is 7.19. The summed E-state index contributed by atoms with van der Waals surface area (Å²) < 4.78 is 11.3. The topological polar surface area (TPSA) is 51.0 Å². The fourth-order valence-electron chi connectivity index (χ4n) is 1.80. The van der Waals surface area contributed by atoms with E-state index in [4.69, 9.17) is 14.7 Å². The van der Waals surface area contributed by atoms with E-state index in [1.165, 1.54) is 6.21 Å². The predicted molar refractivity (Wildman–Crippen MR) is 78.0 cm³/mol. The molecule has 0 amide bonds. The highest BCUT2D eigenvalue weighted by Gasteiger charge is 2.01. The van der Waals surface area contributed by atoms with Crippen LogP contribution < -0.4 is 9.47 Å². The predicted octanol–water partition coefficient (Wildman–Crippen LogP) is 3.26. The van der Waals surface area contributed by atoms with Gasteiger partial charge in [-0.1, -0.05) is 35.5 Å². The van der Waals surface area contributed by atoms with E-state index in [1.54, 1.807) is 0 Å². The number of hydrogen-bond acceptors (Lipinski definition) is 4. The van der Waals surface area contributed by atoms with Crippen molar-refractivity contribution in [3.63, 3.8) is 0 Å². The lowest BCUT2D eigenvalue weighted by atomic mass is 10.2. The minimum atomic E-state index is 0.421. The van der Waals surface area contributed by atoms with Crippen LogP contribution in [0.5, 0.6) is 11.5 Å². The Morgan fingerprint density at radius 3 is 2.25 bits per heavy atom. The Morgan fingerprint density at radius 1 is 0.950 bits per heavy atom. The normalized spacial score (nSPS) is 10.7. The van der Waals surface area contributed by atoms with Gasteiger partial charge in [0.2, 0.25) is 0 Å². The van der Waals surface area contributed by atoms with Crippen molar-refractivity contribution in [1.29, 1.82) is 0 Å². The zero-order valence-electron chi connectivity index (χ0n) is 11.3. The molecule has 1 N–H and O–H groups in total. The molecule has 0 radical (unpaired) electrons. The number of oxime groups is 1. The lowest BCUT2D eigenvalue weighted by molar-refractivity contribution is 0.216. The zero-order chi connectivity index (χ0) is 14.2. The molecule has 104 valence electrons. The average Bonchev–Trinajstić information content (AvgIpc) is 2.47. The second-order valence-corrected chi connectivity index (χ2v) is 4.24. The summed E-state index contributed by atoms with van der Waals surface area (Å²) in [7, 11) is 0. The highest BCUT2D eigenvalue weighted by molar-refractivity contribution is 5.82. The van der Waals surface area contributed by atoms with Crippen LogP contribution in [0.3, 0.4) is 0 Å². The first-order valence-corrected chi connectivity index (χ1v) is 6.39. The molecular formula is C16H17NO3. The molecule has 4 heteroatoms. The third-order valence-corrected chi connectivity index (χ3v) is 2.81. The van der Waals surface area contributed by atoms with E-state index in [0.717, 1.165) is 16.9 Å². The molecule has 0 aromatic heterocycles. The second-order valence-electron chi connectivity index (χ2n) is 4.24. The lowest BCUT2D eigenvalue weighted by Gasteiger charge is -2.11. The van der Waals surface area contributed by atoms with Crippen LogP contribution in [0.4, 0.5) is 0 Å². The van der Waals surface area contributed by atoms with Crippen LogP contribution in [0.1, 0.15) is 11.1 Å². The third kappa shape index (κ3) is 3.75. The van der Waals surface area contributed by atoms with Gasteiger partial charge in [0.25, 0.3) is 0 Å². The van der Waals surface area contributed by atoms with Gasteiger partial charge < -0.3 is 14.7 Å². The van der Waals surface area contributed by atoms with E-state index in [9.17, 15) is 0 Å². The standard InChI is InChI=1S/C16H17NO3/c1-13-6-2-4-8-15(13)19-10-11-20-16-9-5-3-7-14(16)12-17-18/h2-9,12,18H,10-11H2,1H3. The Bertz CT molecular complexity index is 581. The highest BCUT2D eigenvalue weighted by atomic mass is 16.5. The fraction of sp³-hybridized carbons (Fsp3) is 0.188. The van der Waals surface area contributed by atoms with Crippen molar-refractivity contribution in [3.05, 3.63) is 59.7 Å². The SMILES string of the molecule is Cc1ccccc1OCCOc1ccccc1C=NO. The van der Waals surface area contributed by atoms with Gasteiger partial charge in [0.15, 0.2) is 0 Å². The van der Waals surface area contributed by atoms with Gasteiger partial charge in [-0.05, 0) is 30.7 Å². The largest absolute Gasteiger partial charge is 0.490 e. The van der Waals surface area contributed by atoms with Crippen LogP contribution in [-0.4, -0.2) is 24.6 Å². The Balaban J connectivity index is 1.86. The molecule has 4 nitrogen and oxygen atoms in total. The molecule has 2 rings (SSSR count). The van der Waals surface area contributed by atoms with Crippen molar-refractivity contribution in [2.24, 2.45) is 5.16 Å². The van der Waals surface area contributed by atoms with Crippen LogP contribution in [0.15, 0.2) is 53.7 Å². The summed E-state index contributed by atoms with van der Waals surface area (Å²) in [6.45, 7) is 2.88. The smallest absolute Gasteiger partial charge is 0.128 e. The maximum absolute atomic E-state index is 8.58. The molecule has 0 saturated heterocycles. The van der Waals surface area contributed by atoms with Crippen molar-refractivity contribution in [2.45, 2.75) is 6.92 Å². The number of nitrogens with zero attached hydrogens (tertiary/aromatic N) is 1. The molecule has 0 aliphatic heterocycles. The molecule has 0 fully saturated rings. The monoisotopic (exact) mass is 271 g/mol. The van der Waals surface area contributed by atoms with Gasteiger partial charge in [-0.3, -0.25) is 0 Å². The molecule has 0 atom stereocenters. The van der Waals surface area contributed by atoms with Crippen molar-refractivity contribution in [2.75, 3.05) is 13.2 Å². The molecule has 0 aliphatic carbocycles. The van der Waals surface area contributed by atoms with Crippen LogP contribution in [-0.2, 0) is 0 Å². The van der Waals surface area contributed by atoms with E-state index in [1.807, 2.05) is 55.5 Å². The number of hydrogen-bond donors (Lipinski definition) is 1. The molecule has 0 aliphatic rings. The minimum absolute atomic E-state index is 0.421.